The molecule has 0 atom stereocenters. The second-order valence-electron chi connectivity index (χ2n) is 5.10. The minimum atomic E-state index is -0.626. The van der Waals surface area contributed by atoms with E-state index in [1.807, 2.05) is 6.92 Å². The smallest absolute Gasteiger partial charge is 0.331 e. The third-order valence-electron chi connectivity index (χ3n) is 3.13. The third-order valence-corrected chi connectivity index (χ3v) is 4.31. The Bertz CT molecular complexity index is 867. The van der Waals surface area contributed by atoms with Gasteiger partial charge in [-0.1, -0.05) is 24.3 Å². The summed E-state index contributed by atoms with van der Waals surface area (Å²) >= 11 is 7.24. The Labute approximate surface area is 171 Å². The molecule has 0 saturated carbocycles. The SMILES string of the molecule is C=CCOc1c(Cl)cc(C=N/N=C2/NC(=O)/C(=C\C(=O)OC)S2)cc1OCC. The summed E-state index contributed by atoms with van der Waals surface area (Å²) in [5.41, 5.74) is 0.628. The maximum atomic E-state index is 11.8. The number of esters is 1. The highest BCUT2D eigenvalue weighted by Gasteiger charge is 2.25. The minimum Gasteiger partial charge on any atom is -0.490 e. The van der Waals surface area contributed by atoms with Crippen LogP contribution in [-0.2, 0) is 14.3 Å². The summed E-state index contributed by atoms with van der Waals surface area (Å²) < 4.78 is 15.6. The van der Waals surface area contributed by atoms with E-state index in [0.29, 0.717) is 35.3 Å². The average Bonchev–Trinajstić information content (AvgIpc) is 3.00. The van der Waals surface area contributed by atoms with Gasteiger partial charge in [0.05, 0.1) is 29.9 Å². The summed E-state index contributed by atoms with van der Waals surface area (Å²) in [5.74, 6) is -0.185. The van der Waals surface area contributed by atoms with Crippen molar-refractivity contribution in [2.75, 3.05) is 20.3 Å². The summed E-state index contributed by atoms with van der Waals surface area (Å²) in [4.78, 5) is 23.2. The molecule has 10 heteroatoms. The van der Waals surface area contributed by atoms with Crippen LogP contribution in [0.3, 0.4) is 0 Å². The fraction of sp³-hybridized carbons (Fsp3) is 0.222. The Morgan fingerprint density at radius 3 is 2.86 bits per heavy atom. The minimum absolute atomic E-state index is 0.172. The zero-order valence-corrected chi connectivity index (χ0v) is 16.8. The van der Waals surface area contributed by atoms with Gasteiger partial charge in [0.1, 0.15) is 6.61 Å². The maximum Gasteiger partial charge on any atom is 0.331 e. The number of amides is 1. The summed E-state index contributed by atoms with van der Waals surface area (Å²) in [6.07, 6.45) is 4.14. The molecule has 1 aromatic carbocycles. The Hall–Kier alpha value is -2.78. The molecule has 148 valence electrons. The zero-order chi connectivity index (χ0) is 20.5. The van der Waals surface area contributed by atoms with Crippen molar-refractivity contribution in [1.29, 1.82) is 0 Å². The first-order valence-electron chi connectivity index (χ1n) is 8.08. The van der Waals surface area contributed by atoms with E-state index in [2.05, 4.69) is 26.8 Å². The standard InChI is InChI=1S/C18H18ClN3O5S/c1-4-6-27-16-12(19)7-11(8-13(16)26-5-2)10-20-22-18-21-17(24)14(28-18)9-15(23)25-3/h4,7-10H,1,5-6H2,2-3H3,(H,21,22,24)/b14-9+,20-10?. The van der Waals surface area contributed by atoms with E-state index < -0.39 is 11.9 Å². The van der Waals surface area contributed by atoms with E-state index in [1.165, 1.54) is 13.3 Å². The van der Waals surface area contributed by atoms with Gasteiger partial charge in [-0.05, 0) is 30.8 Å². The number of amidine groups is 1. The Kier molecular flexibility index (Phi) is 8.09. The molecule has 0 unspecified atom stereocenters. The highest BCUT2D eigenvalue weighted by molar-refractivity contribution is 8.18. The number of thioether (sulfide) groups is 1. The molecular weight excluding hydrogens is 406 g/mol. The predicted octanol–water partition coefficient (Wildman–Crippen LogP) is 2.91. The summed E-state index contributed by atoms with van der Waals surface area (Å²) in [6, 6.07) is 3.36. The van der Waals surface area contributed by atoms with Crippen LogP contribution in [0.2, 0.25) is 5.02 Å². The van der Waals surface area contributed by atoms with Crippen molar-refractivity contribution in [3.05, 3.63) is 46.4 Å². The lowest BCUT2D eigenvalue weighted by molar-refractivity contribution is -0.135. The van der Waals surface area contributed by atoms with Crippen molar-refractivity contribution in [3.8, 4) is 11.5 Å². The van der Waals surface area contributed by atoms with Crippen molar-refractivity contribution >= 4 is 46.6 Å². The van der Waals surface area contributed by atoms with Crippen molar-refractivity contribution in [2.24, 2.45) is 10.2 Å². The van der Waals surface area contributed by atoms with Gasteiger partial charge < -0.3 is 14.2 Å². The number of methoxy groups -OCH3 is 1. The zero-order valence-electron chi connectivity index (χ0n) is 15.2. The van der Waals surface area contributed by atoms with Crippen LogP contribution in [0.1, 0.15) is 12.5 Å². The molecule has 1 amide bonds. The van der Waals surface area contributed by atoms with E-state index in [0.717, 1.165) is 17.8 Å². The van der Waals surface area contributed by atoms with Crippen LogP contribution in [0.25, 0.3) is 0 Å². The number of nitrogens with one attached hydrogen (secondary N) is 1. The molecule has 0 spiro atoms. The van der Waals surface area contributed by atoms with Crippen molar-refractivity contribution in [3.63, 3.8) is 0 Å². The molecule has 1 N–H and O–H groups in total. The van der Waals surface area contributed by atoms with Crippen molar-refractivity contribution in [1.82, 2.24) is 5.32 Å². The highest BCUT2D eigenvalue weighted by atomic mass is 35.5. The first kappa shape index (κ1) is 21.5. The fourth-order valence-corrected chi connectivity index (χ4v) is 3.01. The first-order chi connectivity index (χ1) is 13.5. The van der Waals surface area contributed by atoms with E-state index in [4.69, 9.17) is 21.1 Å². The summed E-state index contributed by atoms with van der Waals surface area (Å²) in [5, 5.41) is 11.0. The van der Waals surface area contributed by atoms with Crippen LogP contribution >= 0.6 is 23.4 Å². The number of halogens is 1. The molecular formula is C18H18ClN3O5S. The molecule has 0 radical (unpaired) electrons. The number of ether oxygens (including phenoxy) is 3. The Morgan fingerprint density at radius 2 is 2.18 bits per heavy atom. The van der Waals surface area contributed by atoms with Crippen LogP contribution < -0.4 is 14.8 Å². The quantitative estimate of drug-likeness (QED) is 0.227. The molecule has 2 rings (SSSR count). The molecule has 1 saturated heterocycles. The van der Waals surface area contributed by atoms with Crippen molar-refractivity contribution in [2.45, 2.75) is 6.92 Å². The highest BCUT2D eigenvalue weighted by Crippen LogP contribution is 2.36. The molecule has 1 aliphatic heterocycles. The Balaban J connectivity index is 2.16. The molecule has 0 bridgehead atoms. The number of hydrogen-bond acceptors (Lipinski definition) is 8. The number of nitrogens with zero attached hydrogens (tertiary/aromatic N) is 2. The summed E-state index contributed by atoms with van der Waals surface area (Å²) in [7, 11) is 1.23. The average molecular weight is 424 g/mol. The predicted molar refractivity (Wildman–Crippen MR) is 109 cm³/mol. The lowest BCUT2D eigenvalue weighted by Gasteiger charge is -2.13. The van der Waals surface area contributed by atoms with E-state index in [-0.39, 0.29) is 10.1 Å². The van der Waals surface area contributed by atoms with Gasteiger partial charge in [-0.2, -0.15) is 5.10 Å². The first-order valence-corrected chi connectivity index (χ1v) is 9.27. The lowest BCUT2D eigenvalue weighted by atomic mass is 10.2. The monoisotopic (exact) mass is 423 g/mol. The van der Waals surface area contributed by atoms with Gasteiger partial charge in [-0.25, -0.2) is 4.79 Å². The van der Waals surface area contributed by atoms with Crippen LogP contribution in [0.5, 0.6) is 11.5 Å². The fourth-order valence-electron chi connectivity index (χ4n) is 2.00. The largest absolute Gasteiger partial charge is 0.490 e. The normalized spacial score (nSPS) is 16.5. The molecule has 28 heavy (non-hydrogen) atoms. The van der Waals surface area contributed by atoms with Crippen LogP contribution in [0.4, 0.5) is 0 Å². The molecule has 0 aromatic heterocycles. The van der Waals surface area contributed by atoms with Gasteiger partial charge in [-0.3, -0.25) is 10.1 Å². The molecule has 1 aliphatic rings. The molecule has 1 aromatic rings. The maximum absolute atomic E-state index is 11.8. The molecule has 8 nitrogen and oxygen atoms in total. The number of benzene rings is 1. The van der Waals surface area contributed by atoms with E-state index in [1.54, 1.807) is 18.2 Å². The van der Waals surface area contributed by atoms with Gasteiger partial charge in [0.15, 0.2) is 16.7 Å². The number of rotatable bonds is 8. The van der Waals surface area contributed by atoms with Gasteiger partial charge in [0.2, 0.25) is 0 Å². The van der Waals surface area contributed by atoms with Gasteiger partial charge in [0, 0.05) is 11.6 Å². The summed E-state index contributed by atoms with van der Waals surface area (Å²) in [6.45, 7) is 6.17. The van der Waals surface area contributed by atoms with E-state index >= 15 is 0 Å². The topological polar surface area (TPSA) is 98.6 Å². The van der Waals surface area contributed by atoms with Crippen LogP contribution in [-0.4, -0.2) is 43.6 Å². The number of carbonyl (C=O) groups is 2. The molecule has 1 fully saturated rings. The third kappa shape index (κ3) is 5.86. The molecule has 0 aliphatic carbocycles. The second kappa shape index (κ2) is 10.5. The van der Waals surface area contributed by atoms with Gasteiger partial charge in [0.25, 0.3) is 5.91 Å². The van der Waals surface area contributed by atoms with Gasteiger partial charge in [-0.15, -0.1) is 5.10 Å². The number of carbonyl (C=O) groups excluding carboxylic acids is 2. The van der Waals surface area contributed by atoms with Crippen LogP contribution in [0.15, 0.2) is 46.0 Å². The van der Waals surface area contributed by atoms with Crippen LogP contribution in [0, 0.1) is 0 Å². The number of hydrogen-bond donors (Lipinski definition) is 1. The van der Waals surface area contributed by atoms with Crippen molar-refractivity contribution < 1.29 is 23.8 Å². The second-order valence-corrected chi connectivity index (χ2v) is 6.54. The Morgan fingerprint density at radius 1 is 1.39 bits per heavy atom. The lowest BCUT2D eigenvalue weighted by Crippen LogP contribution is -2.19. The molecule has 1 heterocycles. The van der Waals surface area contributed by atoms with E-state index in [9.17, 15) is 9.59 Å². The van der Waals surface area contributed by atoms with Gasteiger partial charge >= 0.3 is 5.97 Å².